The predicted octanol–water partition coefficient (Wildman–Crippen LogP) is 4.05. The minimum absolute atomic E-state index is 0.0176. The number of carbonyl (C=O) groups excluding carboxylic acids is 3. The average molecular weight is 405 g/mol. The highest BCUT2D eigenvalue weighted by Gasteiger charge is 2.35. The Hall–Kier alpha value is -3.32. The Bertz CT molecular complexity index is 1140. The van der Waals surface area contributed by atoms with Crippen LogP contribution in [0, 0.1) is 13.8 Å². The van der Waals surface area contributed by atoms with Gasteiger partial charge in [-0.3, -0.25) is 19.3 Å². The van der Waals surface area contributed by atoms with Crippen LogP contribution < -0.4 is 5.32 Å². The molecule has 3 aromatic rings. The van der Waals surface area contributed by atoms with Crippen LogP contribution in [-0.4, -0.2) is 34.2 Å². The van der Waals surface area contributed by atoms with Crippen LogP contribution in [0.3, 0.4) is 0 Å². The Morgan fingerprint density at radius 1 is 1.03 bits per heavy atom. The van der Waals surface area contributed by atoms with Gasteiger partial charge in [-0.25, -0.2) is 4.98 Å². The zero-order valence-corrected chi connectivity index (χ0v) is 16.9. The van der Waals surface area contributed by atoms with Crippen LogP contribution in [0.2, 0.25) is 0 Å². The number of carbonyl (C=O) groups is 3. The van der Waals surface area contributed by atoms with E-state index in [1.807, 2.05) is 43.5 Å². The van der Waals surface area contributed by atoms with Crippen molar-refractivity contribution in [2.24, 2.45) is 0 Å². The summed E-state index contributed by atoms with van der Waals surface area (Å²) in [6.07, 6.45) is 0.0176. The number of amides is 3. The van der Waals surface area contributed by atoms with Crippen molar-refractivity contribution in [3.8, 4) is 11.3 Å². The second-order valence-electron chi connectivity index (χ2n) is 6.96. The smallest absolute Gasteiger partial charge is 0.261 e. The van der Waals surface area contributed by atoms with Crippen molar-refractivity contribution in [1.29, 1.82) is 0 Å². The number of hydrogen-bond donors (Lipinski definition) is 1. The monoisotopic (exact) mass is 405 g/mol. The van der Waals surface area contributed by atoms with Gasteiger partial charge in [0, 0.05) is 23.9 Å². The molecule has 0 saturated heterocycles. The summed E-state index contributed by atoms with van der Waals surface area (Å²) in [5.74, 6) is -0.991. The first-order chi connectivity index (χ1) is 13.9. The molecular formula is C22H19N3O3S. The van der Waals surface area contributed by atoms with Gasteiger partial charge >= 0.3 is 0 Å². The molecule has 0 saturated carbocycles. The van der Waals surface area contributed by atoms with E-state index < -0.39 is 0 Å². The van der Waals surface area contributed by atoms with Crippen LogP contribution in [0.25, 0.3) is 11.3 Å². The largest absolute Gasteiger partial charge is 0.302 e. The minimum Gasteiger partial charge on any atom is -0.302 e. The summed E-state index contributed by atoms with van der Waals surface area (Å²) < 4.78 is 0. The molecule has 0 radical (unpaired) electrons. The number of fused-ring (bicyclic) bond motifs is 1. The summed E-state index contributed by atoms with van der Waals surface area (Å²) in [6, 6.07) is 13.1. The number of thiazole rings is 1. The van der Waals surface area contributed by atoms with E-state index in [-0.39, 0.29) is 30.7 Å². The number of benzene rings is 2. The lowest BCUT2D eigenvalue weighted by Crippen LogP contribution is -2.32. The number of anilines is 1. The molecule has 29 heavy (non-hydrogen) atoms. The van der Waals surface area contributed by atoms with Gasteiger partial charge in [0.2, 0.25) is 5.91 Å². The third-order valence-electron chi connectivity index (χ3n) is 4.86. The summed E-state index contributed by atoms with van der Waals surface area (Å²) in [6.45, 7) is 3.91. The van der Waals surface area contributed by atoms with Crippen molar-refractivity contribution < 1.29 is 14.4 Å². The quantitative estimate of drug-likeness (QED) is 0.650. The Labute approximate surface area is 172 Å². The molecule has 2 heterocycles. The SMILES string of the molecule is Cc1ccc2c(c1)C(=O)N(CCC(=O)Nc1nc(-c3ccccc3C)cs1)C2=O. The number of hydrogen-bond acceptors (Lipinski definition) is 5. The molecular weight excluding hydrogens is 386 g/mol. The summed E-state index contributed by atoms with van der Waals surface area (Å²) >= 11 is 1.34. The number of nitrogens with zero attached hydrogens (tertiary/aromatic N) is 2. The summed E-state index contributed by atoms with van der Waals surface area (Å²) in [5, 5.41) is 5.14. The number of aromatic nitrogens is 1. The molecule has 1 aromatic heterocycles. The molecule has 3 amide bonds. The van der Waals surface area contributed by atoms with Gasteiger partial charge in [0.25, 0.3) is 11.8 Å². The zero-order valence-electron chi connectivity index (χ0n) is 16.1. The average Bonchev–Trinajstić information content (AvgIpc) is 3.24. The number of imide groups is 1. The van der Waals surface area contributed by atoms with E-state index in [0.717, 1.165) is 27.3 Å². The number of nitrogens with one attached hydrogen (secondary N) is 1. The standard InChI is InChI=1S/C22H19N3O3S/c1-13-7-8-16-17(11-13)21(28)25(20(16)27)10-9-19(26)24-22-23-18(12-29-22)15-6-4-3-5-14(15)2/h3-8,11-12H,9-10H2,1-2H3,(H,23,24,26). The lowest BCUT2D eigenvalue weighted by molar-refractivity contribution is -0.116. The van der Waals surface area contributed by atoms with Crippen LogP contribution in [0.5, 0.6) is 0 Å². The maximum absolute atomic E-state index is 12.5. The van der Waals surface area contributed by atoms with E-state index in [4.69, 9.17) is 0 Å². The summed E-state index contributed by atoms with van der Waals surface area (Å²) in [5.41, 5.74) is 4.64. The zero-order chi connectivity index (χ0) is 20.5. The van der Waals surface area contributed by atoms with Gasteiger partial charge < -0.3 is 5.32 Å². The highest BCUT2D eigenvalue weighted by atomic mass is 32.1. The summed E-state index contributed by atoms with van der Waals surface area (Å²) in [7, 11) is 0. The third kappa shape index (κ3) is 3.69. The molecule has 1 aliphatic heterocycles. The topological polar surface area (TPSA) is 79.4 Å². The van der Waals surface area contributed by atoms with E-state index in [2.05, 4.69) is 10.3 Å². The molecule has 1 N–H and O–H groups in total. The van der Waals surface area contributed by atoms with Gasteiger partial charge in [-0.2, -0.15) is 0 Å². The van der Waals surface area contributed by atoms with Crippen LogP contribution in [0.1, 0.15) is 38.3 Å². The molecule has 2 aromatic carbocycles. The van der Waals surface area contributed by atoms with Crippen molar-refractivity contribution in [3.05, 3.63) is 70.1 Å². The van der Waals surface area contributed by atoms with Crippen LogP contribution in [-0.2, 0) is 4.79 Å². The molecule has 146 valence electrons. The van der Waals surface area contributed by atoms with Crippen LogP contribution >= 0.6 is 11.3 Å². The van der Waals surface area contributed by atoms with E-state index >= 15 is 0 Å². The van der Waals surface area contributed by atoms with Gasteiger partial charge in [-0.1, -0.05) is 35.9 Å². The van der Waals surface area contributed by atoms with Crippen molar-refractivity contribution in [2.45, 2.75) is 20.3 Å². The fourth-order valence-electron chi connectivity index (χ4n) is 3.32. The van der Waals surface area contributed by atoms with Gasteiger partial charge in [0.15, 0.2) is 5.13 Å². The van der Waals surface area contributed by atoms with Gasteiger partial charge in [0.05, 0.1) is 16.8 Å². The lowest BCUT2D eigenvalue weighted by atomic mass is 10.1. The van der Waals surface area contributed by atoms with Gasteiger partial charge in [-0.05, 0) is 31.5 Å². The fourth-order valence-corrected chi connectivity index (χ4v) is 4.04. The molecule has 0 aliphatic carbocycles. The van der Waals surface area contributed by atoms with E-state index in [9.17, 15) is 14.4 Å². The lowest BCUT2D eigenvalue weighted by Gasteiger charge is -2.13. The van der Waals surface area contributed by atoms with Crippen molar-refractivity contribution in [1.82, 2.24) is 9.88 Å². The molecule has 0 unspecified atom stereocenters. The maximum atomic E-state index is 12.5. The first-order valence-corrected chi connectivity index (χ1v) is 10.1. The molecule has 4 rings (SSSR count). The Morgan fingerprint density at radius 2 is 1.79 bits per heavy atom. The number of rotatable bonds is 5. The van der Waals surface area contributed by atoms with Crippen LogP contribution in [0.4, 0.5) is 5.13 Å². The van der Waals surface area contributed by atoms with Crippen molar-refractivity contribution in [2.75, 3.05) is 11.9 Å². The van der Waals surface area contributed by atoms with E-state index in [1.165, 1.54) is 11.3 Å². The first-order valence-electron chi connectivity index (χ1n) is 9.22. The summed E-state index contributed by atoms with van der Waals surface area (Å²) in [4.78, 5) is 42.9. The third-order valence-corrected chi connectivity index (χ3v) is 5.62. The second kappa shape index (κ2) is 7.60. The van der Waals surface area contributed by atoms with E-state index in [1.54, 1.807) is 18.2 Å². The van der Waals surface area contributed by atoms with Crippen molar-refractivity contribution >= 4 is 34.2 Å². The first kappa shape index (κ1) is 19.0. The van der Waals surface area contributed by atoms with Gasteiger partial charge in [-0.15, -0.1) is 11.3 Å². The molecule has 7 heteroatoms. The molecule has 6 nitrogen and oxygen atoms in total. The molecule has 0 spiro atoms. The maximum Gasteiger partial charge on any atom is 0.261 e. The number of aryl methyl sites for hydroxylation is 2. The highest BCUT2D eigenvalue weighted by molar-refractivity contribution is 7.14. The van der Waals surface area contributed by atoms with Crippen LogP contribution in [0.15, 0.2) is 47.8 Å². The van der Waals surface area contributed by atoms with Gasteiger partial charge in [0.1, 0.15) is 0 Å². The second-order valence-corrected chi connectivity index (χ2v) is 7.82. The normalized spacial score (nSPS) is 13.0. The Balaban J connectivity index is 1.39. The van der Waals surface area contributed by atoms with Crippen molar-refractivity contribution in [3.63, 3.8) is 0 Å². The highest BCUT2D eigenvalue weighted by Crippen LogP contribution is 2.27. The fraction of sp³-hybridized carbons (Fsp3) is 0.182. The Morgan fingerprint density at radius 3 is 2.59 bits per heavy atom. The van der Waals surface area contributed by atoms with E-state index in [0.29, 0.717) is 16.3 Å². The Kier molecular flexibility index (Phi) is 4.98. The molecule has 0 fully saturated rings. The predicted molar refractivity (Wildman–Crippen MR) is 112 cm³/mol. The molecule has 0 atom stereocenters. The molecule has 1 aliphatic rings. The molecule has 0 bridgehead atoms. The minimum atomic E-state index is -0.353.